The van der Waals surface area contributed by atoms with Crippen molar-refractivity contribution in [3.63, 3.8) is 0 Å². The molecule has 3 aromatic carbocycles. The Morgan fingerprint density at radius 2 is 1.56 bits per heavy atom. The maximum atomic E-state index is 13.4. The summed E-state index contributed by atoms with van der Waals surface area (Å²) in [5.74, 6) is -2.71. The molecular formula is C29H28N2O5. The minimum atomic E-state index is -0.960. The number of carboxylic acids is 1. The molecule has 0 bridgehead atoms. The molecule has 1 aliphatic rings. The average molecular weight is 485 g/mol. The van der Waals surface area contributed by atoms with Crippen molar-refractivity contribution in [1.82, 2.24) is 0 Å². The average Bonchev–Trinajstić information content (AvgIpc) is 3.11. The number of rotatable bonds is 6. The van der Waals surface area contributed by atoms with E-state index in [1.54, 1.807) is 30.3 Å². The normalized spacial score (nSPS) is 16.9. The predicted octanol–water partition coefficient (Wildman–Crippen LogP) is 4.62. The molecule has 0 spiro atoms. The Kier molecular flexibility index (Phi) is 6.66. The van der Waals surface area contributed by atoms with Crippen LogP contribution in [0.2, 0.25) is 0 Å². The molecule has 1 amide bonds. The Hall–Kier alpha value is -4.39. The van der Waals surface area contributed by atoms with E-state index in [9.17, 15) is 19.5 Å². The van der Waals surface area contributed by atoms with E-state index in [0.717, 1.165) is 16.8 Å². The zero-order valence-corrected chi connectivity index (χ0v) is 20.6. The van der Waals surface area contributed by atoms with Crippen LogP contribution in [0.15, 0.2) is 72.3 Å². The van der Waals surface area contributed by atoms with Gasteiger partial charge in [0, 0.05) is 31.0 Å². The number of carbonyl (C=O) groups is 3. The van der Waals surface area contributed by atoms with Crippen molar-refractivity contribution < 1.29 is 24.6 Å². The van der Waals surface area contributed by atoms with E-state index >= 15 is 0 Å². The number of Topliss-reactive ketones (excluding diaryl/α,β-unsaturated/α-hetero) is 1. The number of aryl methyl sites for hydroxylation is 2. The van der Waals surface area contributed by atoms with Crippen LogP contribution < -0.4 is 9.80 Å². The van der Waals surface area contributed by atoms with Gasteiger partial charge in [-0.05, 0) is 60.9 Å². The first-order valence-electron chi connectivity index (χ1n) is 11.5. The number of ketones is 1. The molecule has 1 aliphatic heterocycles. The quantitative estimate of drug-likeness (QED) is 0.301. The second-order valence-electron chi connectivity index (χ2n) is 9.21. The van der Waals surface area contributed by atoms with Gasteiger partial charge in [0.2, 0.25) is 0 Å². The number of carbonyl (C=O) groups excluding carboxylic acids is 2. The number of carboxylic acid groups (broad SMARTS) is 1. The molecule has 1 saturated heterocycles. The highest BCUT2D eigenvalue weighted by atomic mass is 16.4. The van der Waals surface area contributed by atoms with Crippen LogP contribution in [0.25, 0.3) is 5.76 Å². The second-order valence-corrected chi connectivity index (χ2v) is 9.21. The lowest BCUT2D eigenvalue weighted by atomic mass is 9.93. The largest absolute Gasteiger partial charge is 0.507 e. The standard InChI is InChI=1S/C29H28N2O5/c1-17-5-6-18(2)23(15-17)27(34)25-26(20-9-13-21(14-10-20)30(3)4)31(29(36)28(25)35)22-11-7-19(8-12-22)16-24(32)33/h5-15,26,34H,16H2,1-4H3,(H,32,33)/b27-25+. The Balaban J connectivity index is 1.90. The van der Waals surface area contributed by atoms with E-state index in [2.05, 4.69) is 0 Å². The van der Waals surface area contributed by atoms with Gasteiger partial charge in [-0.2, -0.15) is 0 Å². The summed E-state index contributed by atoms with van der Waals surface area (Å²) >= 11 is 0. The molecule has 1 heterocycles. The molecule has 2 N–H and O–H groups in total. The first-order chi connectivity index (χ1) is 17.1. The van der Waals surface area contributed by atoms with E-state index < -0.39 is 23.7 Å². The summed E-state index contributed by atoms with van der Waals surface area (Å²) in [7, 11) is 3.83. The number of hydrogen-bond donors (Lipinski definition) is 2. The van der Waals surface area contributed by atoms with E-state index in [1.807, 2.05) is 69.2 Å². The van der Waals surface area contributed by atoms with Gasteiger partial charge >= 0.3 is 5.97 Å². The smallest absolute Gasteiger partial charge is 0.307 e. The number of aliphatic hydroxyl groups excluding tert-OH is 1. The number of amides is 1. The van der Waals surface area contributed by atoms with Crippen LogP contribution in [-0.4, -0.2) is 42.0 Å². The molecule has 7 nitrogen and oxygen atoms in total. The predicted molar refractivity (Wildman–Crippen MR) is 139 cm³/mol. The van der Waals surface area contributed by atoms with Crippen LogP contribution in [0.5, 0.6) is 0 Å². The Labute approximate surface area is 209 Å². The van der Waals surface area contributed by atoms with Crippen LogP contribution in [-0.2, 0) is 20.8 Å². The van der Waals surface area contributed by atoms with E-state index in [4.69, 9.17) is 5.11 Å². The summed E-state index contributed by atoms with van der Waals surface area (Å²) < 4.78 is 0. The van der Waals surface area contributed by atoms with Gasteiger partial charge in [-0.15, -0.1) is 0 Å². The molecule has 1 fully saturated rings. The van der Waals surface area contributed by atoms with Crippen LogP contribution in [0.4, 0.5) is 11.4 Å². The lowest BCUT2D eigenvalue weighted by molar-refractivity contribution is -0.136. The molecule has 3 aromatic rings. The van der Waals surface area contributed by atoms with Gasteiger partial charge in [-0.3, -0.25) is 19.3 Å². The number of benzene rings is 3. The molecule has 1 atom stereocenters. The topological polar surface area (TPSA) is 98.2 Å². The fourth-order valence-electron chi connectivity index (χ4n) is 4.45. The van der Waals surface area contributed by atoms with Gasteiger partial charge in [0.15, 0.2) is 0 Å². The summed E-state index contributed by atoms with van der Waals surface area (Å²) in [6, 6.07) is 18.7. The SMILES string of the molecule is Cc1ccc(C)c(/C(O)=C2\C(=O)C(=O)N(c3ccc(CC(=O)O)cc3)C2c2ccc(N(C)C)cc2)c1. The van der Waals surface area contributed by atoms with E-state index in [1.165, 1.54) is 4.90 Å². The van der Waals surface area contributed by atoms with Crippen molar-refractivity contribution >= 4 is 34.8 Å². The fourth-order valence-corrected chi connectivity index (χ4v) is 4.45. The lowest BCUT2D eigenvalue weighted by Gasteiger charge is -2.26. The molecule has 36 heavy (non-hydrogen) atoms. The van der Waals surface area contributed by atoms with Gasteiger partial charge in [0.05, 0.1) is 18.0 Å². The van der Waals surface area contributed by atoms with Gasteiger partial charge < -0.3 is 15.1 Å². The van der Waals surface area contributed by atoms with Crippen LogP contribution in [0, 0.1) is 13.8 Å². The van der Waals surface area contributed by atoms with Gasteiger partial charge in [-0.25, -0.2) is 0 Å². The summed E-state index contributed by atoms with van der Waals surface area (Å²) in [6.07, 6.45) is -0.152. The third-order valence-electron chi connectivity index (χ3n) is 6.39. The van der Waals surface area contributed by atoms with E-state index in [0.29, 0.717) is 22.4 Å². The van der Waals surface area contributed by atoms with Gasteiger partial charge in [0.25, 0.3) is 11.7 Å². The Morgan fingerprint density at radius 1 is 0.917 bits per heavy atom. The highest BCUT2D eigenvalue weighted by molar-refractivity contribution is 6.51. The monoisotopic (exact) mass is 484 g/mol. The number of hydrogen-bond acceptors (Lipinski definition) is 5. The molecule has 0 aliphatic carbocycles. The Bertz CT molecular complexity index is 1370. The molecule has 0 saturated carbocycles. The fraction of sp³-hybridized carbons (Fsp3) is 0.207. The highest BCUT2D eigenvalue weighted by Crippen LogP contribution is 2.43. The van der Waals surface area contributed by atoms with Crippen molar-refractivity contribution in [2.45, 2.75) is 26.3 Å². The van der Waals surface area contributed by atoms with Crippen molar-refractivity contribution in [1.29, 1.82) is 0 Å². The summed E-state index contributed by atoms with van der Waals surface area (Å²) in [5, 5.41) is 20.5. The third-order valence-corrected chi connectivity index (χ3v) is 6.39. The first-order valence-corrected chi connectivity index (χ1v) is 11.5. The van der Waals surface area contributed by atoms with E-state index in [-0.39, 0.29) is 17.8 Å². The molecule has 0 radical (unpaired) electrons. The minimum Gasteiger partial charge on any atom is -0.507 e. The zero-order chi connectivity index (χ0) is 26.1. The molecule has 1 unspecified atom stereocenters. The number of nitrogens with zero attached hydrogens (tertiary/aromatic N) is 2. The van der Waals surface area contributed by atoms with Crippen LogP contribution in [0.1, 0.15) is 33.9 Å². The van der Waals surface area contributed by atoms with Crippen molar-refractivity contribution in [2.24, 2.45) is 0 Å². The van der Waals surface area contributed by atoms with Gasteiger partial charge in [-0.1, -0.05) is 42.0 Å². The summed E-state index contributed by atoms with van der Waals surface area (Å²) in [6.45, 7) is 3.73. The van der Waals surface area contributed by atoms with Crippen molar-refractivity contribution in [3.05, 3.63) is 100 Å². The van der Waals surface area contributed by atoms with Gasteiger partial charge in [0.1, 0.15) is 5.76 Å². The number of aliphatic carboxylic acids is 1. The Morgan fingerprint density at radius 3 is 2.14 bits per heavy atom. The number of aliphatic hydroxyl groups is 1. The maximum Gasteiger partial charge on any atom is 0.307 e. The maximum absolute atomic E-state index is 13.4. The van der Waals surface area contributed by atoms with Crippen molar-refractivity contribution in [2.75, 3.05) is 23.9 Å². The second kappa shape index (κ2) is 9.70. The minimum absolute atomic E-state index is 0.0147. The molecule has 4 rings (SSSR count). The summed E-state index contributed by atoms with van der Waals surface area (Å²) in [5.41, 5.74) is 4.84. The summed E-state index contributed by atoms with van der Waals surface area (Å²) in [4.78, 5) is 41.1. The molecule has 7 heteroatoms. The third kappa shape index (κ3) is 4.60. The van der Waals surface area contributed by atoms with Crippen LogP contribution in [0.3, 0.4) is 0 Å². The number of anilines is 2. The first kappa shape index (κ1) is 24.7. The molecule has 0 aromatic heterocycles. The van der Waals surface area contributed by atoms with Crippen LogP contribution >= 0.6 is 0 Å². The highest BCUT2D eigenvalue weighted by Gasteiger charge is 2.47. The molecular weight excluding hydrogens is 456 g/mol. The molecule has 184 valence electrons. The zero-order valence-electron chi connectivity index (χ0n) is 20.6. The lowest BCUT2D eigenvalue weighted by Crippen LogP contribution is -2.29. The van der Waals surface area contributed by atoms with Crippen molar-refractivity contribution in [3.8, 4) is 0 Å².